The second-order valence-corrected chi connectivity index (χ2v) is 5.74. The van der Waals surface area contributed by atoms with Gasteiger partial charge in [0.1, 0.15) is 10.8 Å². The number of thiophene rings is 1. The number of aryl methyl sites for hydroxylation is 1. The molecule has 0 radical (unpaired) electrons. The van der Waals surface area contributed by atoms with E-state index in [2.05, 4.69) is 5.32 Å². The molecule has 1 aromatic carbocycles. The molecule has 0 aliphatic rings. The van der Waals surface area contributed by atoms with Gasteiger partial charge in [-0.1, -0.05) is 25.1 Å². The number of rotatable bonds is 4. The van der Waals surface area contributed by atoms with Gasteiger partial charge in [0, 0.05) is 4.88 Å². The Morgan fingerprint density at radius 3 is 2.50 bits per heavy atom. The van der Waals surface area contributed by atoms with E-state index in [0.29, 0.717) is 22.7 Å². The Hall–Kier alpha value is -2.34. The topological polar surface area (TPSA) is 64.6 Å². The smallest absolute Gasteiger partial charge is 0.417 e. The molecular weight excluding hydrogens is 302 g/mol. The number of amides is 1. The van der Waals surface area contributed by atoms with Gasteiger partial charge in [-0.3, -0.25) is 5.32 Å². The van der Waals surface area contributed by atoms with E-state index in [-0.39, 0.29) is 0 Å². The highest BCUT2D eigenvalue weighted by molar-refractivity contribution is 7.16. The van der Waals surface area contributed by atoms with Crippen molar-refractivity contribution in [3.63, 3.8) is 0 Å². The van der Waals surface area contributed by atoms with Gasteiger partial charge in [0.2, 0.25) is 0 Å². The number of ether oxygens (including phenoxy) is 2. The third-order valence-electron chi connectivity index (χ3n) is 3.12. The van der Waals surface area contributed by atoms with Crippen molar-refractivity contribution in [3.8, 4) is 5.75 Å². The molecule has 1 aromatic heterocycles. The van der Waals surface area contributed by atoms with E-state index in [0.717, 1.165) is 10.4 Å². The molecule has 0 saturated heterocycles. The van der Waals surface area contributed by atoms with Crippen molar-refractivity contribution in [1.82, 2.24) is 0 Å². The fraction of sp³-hybridized carbons (Fsp3) is 0.250. The van der Waals surface area contributed by atoms with Gasteiger partial charge in [-0.15, -0.1) is 11.3 Å². The van der Waals surface area contributed by atoms with Crippen molar-refractivity contribution >= 4 is 28.4 Å². The summed E-state index contributed by atoms with van der Waals surface area (Å²) < 4.78 is 9.98. The van der Waals surface area contributed by atoms with Crippen LogP contribution in [0.5, 0.6) is 5.75 Å². The number of carbonyl (C=O) groups is 2. The summed E-state index contributed by atoms with van der Waals surface area (Å²) >= 11 is 1.34. The Morgan fingerprint density at radius 2 is 1.91 bits per heavy atom. The van der Waals surface area contributed by atoms with Crippen LogP contribution in [0, 0.1) is 6.92 Å². The number of nitrogens with one attached hydrogen (secondary N) is 1. The van der Waals surface area contributed by atoms with Crippen LogP contribution in [-0.2, 0) is 11.2 Å². The van der Waals surface area contributed by atoms with Gasteiger partial charge >= 0.3 is 12.1 Å². The molecule has 0 atom stereocenters. The number of hydrogen-bond donors (Lipinski definition) is 1. The quantitative estimate of drug-likeness (QED) is 0.865. The molecule has 5 nitrogen and oxygen atoms in total. The summed E-state index contributed by atoms with van der Waals surface area (Å²) in [5.41, 5.74) is 1.28. The summed E-state index contributed by atoms with van der Waals surface area (Å²) in [4.78, 5) is 24.9. The summed E-state index contributed by atoms with van der Waals surface area (Å²) in [7, 11) is 1.32. The number of hydrogen-bond acceptors (Lipinski definition) is 5. The Labute approximate surface area is 132 Å². The van der Waals surface area contributed by atoms with Gasteiger partial charge < -0.3 is 9.47 Å². The van der Waals surface area contributed by atoms with Crippen LogP contribution >= 0.6 is 11.3 Å². The first kappa shape index (κ1) is 16.0. The molecule has 0 saturated carbocycles. The molecule has 116 valence electrons. The van der Waals surface area contributed by atoms with Crippen LogP contribution in [0.25, 0.3) is 0 Å². The Kier molecular flexibility index (Phi) is 5.16. The molecule has 0 unspecified atom stereocenters. The first-order valence-corrected chi connectivity index (χ1v) is 7.62. The van der Waals surface area contributed by atoms with Crippen molar-refractivity contribution in [2.24, 2.45) is 0 Å². The molecule has 0 fully saturated rings. The Morgan fingerprint density at radius 1 is 1.23 bits per heavy atom. The first-order chi connectivity index (χ1) is 10.6. The Balaban J connectivity index is 2.22. The zero-order valence-electron chi connectivity index (χ0n) is 12.6. The second-order valence-electron chi connectivity index (χ2n) is 4.51. The number of methoxy groups -OCH3 is 1. The van der Waals surface area contributed by atoms with E-state index in [1.54, 1.807) is 24.3 Å². The average Bonchev–Trinajstić information content (AvgIpc) is 2.82. The number of esters is 1. The maximum absolute atomic E-state index is 12.0. The molecule has 1 heterocycles. The maximum Gasteiger partial charge on any atom is 0.417 e. The first-order valence-electron chi connectivity index (χ1n) is 6.81. The summed E-state index contributed by atoms with van der Waals surface area (Å²) in [6.45, 7) is 3.86. The van der Waals surface area contributed by atoms with Crippen LogP contribution in [0.2, 0.25) is 0 Å². The maximum atomic E-state index is 12.0. The fourth-order valence-electron chi connectivity index (χ4n) is 2.12. The highest BCUT2D eigenvalue weighted by Crippen LogP contribution is 2.34. The van der Waals surface area contributed by atoms with Crippen molar-refractivity contribution in [2.45, 2.75) is 20.3 Å². The van der Waals surface area contributed by atoms with Gasteiger partial charge in [-0.25, -0.2) is 9.59 Å². The average molecular weight is 319 g/mol. The summed E-state index contributed by atoms with van der Waals surface area (Å²) in [5.74, 6) is -0.0279. The lowest BCUT2D eigenvalue weighted by atomic mass is 10.1. The van der Waals surface area contributed by atoms with E-state index in [4.69, 9.17) is 9.47 Å². The van der Waals surface area contributed by atoms with Crippen LogP contribution in [-0.4, -0.2) is 19.2 Å². The molecule has 0 aliphatic carbocycles. The van der Waals surface area contributed by atoms with Crippen LogP contribution < -0.4 is 10.1 Å². The monoisotopic (exact) mass is 319 g/mol. The largest absolute Gasteiger partial charge is 0.465 e. The lowest BCUT2D eigenvalue weighted by Crippen LogP contribution is -2.18. The van der Waals surface area contributed by atoms with E-state index in [9.17, 15) is 9.59 Å². The minimum Gasteiger partial charge on any atom is -0.465 e. The minimum atomic E-state index is -0.639. The van der Waals surface area contributed by atoms with Crippen molar-refractivity contribution in [1.29, 1.82) is 0 Å². The molecular formula is C16H17NO4S. The molecule has 0 bridgehead atoms. The molecule has 22 heavy (non-hydrogen) atoms. The molecule has 6 heteroatoms. The van der Waals surface area contributed by atoms with Crippen LogP contribution in [0.15, 0.2) is 30.3 Å². The van der Waals surface area contributed by atoms with E-state index in [1.807, 2.05) is 19.9 Å². The number of anilines is 1. The molecule has 0 aliphatic heterocycles. The van der Waals surface area contributed by atoms with Crippen LogP contribution in [0.3, 0.4) is 0 Å². The molecule has 2 rings (SSSR count). The highest BCUT2D eigenvalue weighted by Gasteiger charge is 2.23. The second kappa shape index (κ2) is 7.09. The molecule has 0 spiro atoms. The third-order valence-corrected chi connectivity index (χ3v) is 4.18. The lowest BCUT2D eigenvalue weighted by molar-refractivity contribution is 0.0601. The zero-order chi connectivity index (χ0) is 16.1. The lowest BCUT2D eigenvalue weighted by Gasteiger charge is -2.07. The molecule has 2 aromatic rings. The number of benzene rings is 1. The third kappa shape index (κ3) is 3.46. The van der Waals surface area contributed by atoms with Gasteiger partial charge in [0.05, 0.1) is 12.7 Å². The van der Waals surface area contributed by atoms with E-state index in [1.165, 1.54) is 18.4 Å². The van der Waals surface area contributed by atoms with Gasteiger partial charge in [0.25, 0.3) is 0 Å². The van der Waals surface area contributed by atoms with Crippen molar-refractivity contribution in [2.75, 3.05) is 12.4 Å². The number of para-hydroxylation sites is 1. The number of carbonyl (C=O) groups excluding carboxylic acids is 2. The predicted molar refractivity (Wildman–Crippen MR) is 85.9 cm³/mol. The molecule has 1 amide bonds. The Bertz CT molecular complexity index is 679. The van der Waals surface area contributed by atoms with Crippen molar-refractivity contribution < 1.29 is 19.1 Å². The summed E-state index contributed by atoms with van der Waals surface area (Å²) in [5, 5.41) is 3.07. The van der Waals surface area contributed by atoms with E-state index >= 15 is 0 Å². The highest BCUT2D eigenvalue weighted by atomic mass is 32.1. The van der Waals surface area contributed by atoms with Gasteiger partial charge in [0.15, 0.2) is 0 Å². The minimum absolute atomic E-state index is 0.400. The van der Waals surface area contributed by atoms with Crippen molar-refractivity contribution in [3.05, 3.63) is 46.3 Å². The fourth-order valence-corrected chi connectivity index (χ4v) is 3.24. The van der Waals surface area contributed by atoms with Crippen LogP contribution in [0.4, 0.5) is 9.80 Å². The summed E-state index contributed by atoms with van der Waals surface area (Å²) in [6, 6.07) is 8.73. The SMILES string of the molecule is CCc1c(C)sc(NC(=O)Oc2ccccc2)c1C(=O)OC. The normalized spacial score (nSPS) is 10.1. The van der Waals surface area contributed by atoms with Gasteiger partial charge in [-0.2, -0.15) is 0 Å². The van der Waals surface area contributed by atoms with Crippen LogP contribution in [0.1, 0.15) is 27.7 Å². The standard InChI is InChI=1S/C16H17NO4S/c1-4-12-10(2)22-14(13(12)15(18)20-3)17-16(19)21-11-8-6-5-7-9-11/h5-9H,4H2,1-3H3,(H,17,19). The predicted octanol–water partition coefficient (Wildman–Crippen LogP) is 4.02. The summed E-state index contributed by atoms with van der Waals surface area (Å²) in [6.07, 6.45) is 0.0441. The zero-order valence-corrected chi connectivity index (χ0v) is 13.5. The molecule has 1 N–H and O–H groups in total. The van der Waals surface area contributed by atoms with E-state index < -0.39 is 12.1 Å². The van der Waals surface area contributed by atoms with Gasteiger partial charge in [-0.05, 0) is 31.0 Å².